The Morgan fingerprint density at radius 3 is 2.48 bits per heavy atom. The van der Waals surface area contributed by atoms with Crippen molar-refractivity contribution in [2.45, 2.75) is 33.2 Å². The molecular formula is C16H22FN3O. The summed E-state index contributed by atoms with van der Waals surface area (Å²) in [5, 5.41) is 14.3. The Hall–Kier alpha value is -1.93. The third-order valence-electron chi connectivity index (χ3n) is 3.10. The Morgan fingerprint density at radius 1 is 1.33 bits per heavy atom. The van der Waals surface area contributed by atoms with E-state index in [0.29, 0.717) is 13.0 Å². The van der Waals surface area contributed by atoms with E-state index in [2.05, 4.69) is 31.4 Å². The third-order valence-corrected chi connectivity index (χ3v) is 3.10. The second-order valence-electron chi connectivity index (χ2n) is 5.99. The molecule has 1 aromatic carbocycles. The summed E-state index contributed by atoms with van der Waals surface area (Å²) in [5.74, 6) is -0.428. The normalized spacial score (nSPS) is 12.5. The number of nitrogens with one attached hydrogen (secondary N) is 2. The molecule has 21 heavy (non-hydrogen) atoms. The van der Waals surface area contributed by atoms with E-state index in [1.807, 2.05) is 6.07 Å². The Bertz CT molecular complexity index is 500. The summed E-state index contributed by atoms with van der Waals surface area (Å²) in [6.07, 6.45) is 0.298. The van der Waals surface area contributed by atoms with Crippen LogP contribution in [-0.2, 0) is 4.79 Å². The topological polar surface area (TPSA) is 64.9 Å². The minimum atomic E-state index is -0.277. The zero-order chi connectivity index (χ0) is 15.9. The van der Waals surface area contributed by atoms with Crippen molar-refractivity contribution in [3.8, 4) is 6.07 Å². The van der Waals surface area contributed by atoms with Crippen molar-refractivity contribution in [2.24, 2.45) is 5.41 Å². The van der Waals surface area contributed by atoms with Crippen LogP contribution in [0, 0.1) is 22.6 Å². The van der Waals surface area contributed by atoms with Gasteiger partial charge in [0.1, 0.15) is 5.82 Å². The van der Waals surface area contributed by atoms with Gasteiger partial charge < -0.3 is 10.6 Å². The number of nitrogens with zero attached hydrogens (tertiary/aromatic N) is 1. The van der Waals surface area contributed by atoms with Crippen LogP contribution in [0.3, 0.4) is 0 Å². The number of hydrogen-bond acceptors (Lipinski definition) is 3. The second kappa shape index (κ2) is 7.75. The molecule has 0 unspecified atom stereocenters. The molecule has 0 radical (unpaired) electrons. The smallest absolute Gasteiger partial charge is 0.234 e. The number of amides is 1. The summed E-state index contributed by atoms with van der Waals surface area (Å²) in [6, 6.07) is 8.20. The molecule has 0 spiro atoms. The molecule has 114 valence electrons. The highest BCUT2D eigenvalue weighted by atomic mass is 19.1. The molecule has 5 heteroatoms. The first-order valence-corrected chi connectivity index (χ1v) is 6.97. The van der Waals surface area contributed by atoms with Crippen LogP contribution in [0.5, 0.6) is 0 Å². The largest absolute Gasteiger partial charge is 0.354 e. The fourth-order valence-electron chi connectivity index (χ4n) is 2.09. The van der Waals surface area contributed by atoms with Crippen molar-refractivity contribution in [3.63, 3.8) is 0 Å². The first-order chi connectivity index (χ1) is 9.84. The number of halogens is 1. The van der Waals surface area contributed by atoms with Gasteiger partial charge in [-0.2, -0.15) is 5.26 Å². The molecule has 1 aromatic rings. The molecular weight excluding hydrogens is 269 g/mol. The average Bonchev–Trinajstić information content (AvgIpc) is 2.40. The number of rotatable bonds is 6. The summed E-state index contributed by atoms with van der Waals surface area (Å²) in [6.45, 7) is 6.68. The minimum Gasteiger partial charge on any atom is -0.354 e. The average molecular weight is 291 g/mol. The van der Waals surface area contributed by atoms with E-state index in [1.165, 1.54) is 12.1 Å². The first-order valence-electron chi connectivity index (χ1n) is 6.97. The van der Waals surface area contributed by atoms with Gasteiger partial charge in [-0.1, -0.05) is 32.9 Å². The number of nitriles is 1. The van der Waals surface area contributed by atoms with Gasteiger partial charge in [-0.25, -0.2) is 4.39 Å². The highest BCUT2D eigenvalue weighted by molar-refractivity contribution is 5.78. The quantitative estimate of drug-likeness (QED) is 0.792. The second-order valence-corrected chi connectivity index (χ2v) is 5.99. The maximum absolute atomic E-state index is 13.0. The van der Waals surface area contributed by atoms with Crippen molar-refractivity contribution in [1.82, 2.24) is 10.6 Å². The van der Waals surface area contributed by atoms with Crippen molar-refractivity contribution >= 4 is 5.91 Å². The lowest BCUT2D eigenvalue weighted by atomic mass is 9.82. The standard InChI is InChI=1S/C16H22FN3O/c1-16(2,3)15(12-5-7-13(17)8-6-12)20-11-14(21)19-10-4-9-18/h5-8,15,20H,4,10-11H2,1-3H3,(H,19,21)/t15-/m0/s1. The van der Waals surface area contributed by atoms with E-state index < -0.39 is 0 Å². The van der Waals surface area contributed by atoms with E-state index >= 15 is 0 Å². The van der Waals surface area contributed by atoms with Crippen LogP contribution in [0.2, 0.25) is 0 Å². The number of hydrogen-bond donors (Lipinski definition) is 2. The fraction of sp³-hybridized carbons (Fsp3) is 0.500. The minimum absolute atomic E-state index is 0.0696. The van der Waals surface area contributed by atoms with E-state index in [1.54, 1.807) is 12.1 Å². The molecule has 2 N–H and O–H groups in total. The molecule has 0 bridgehead atoms. The first kappa shape index (κ1) is 17.1. The Morgan fingerprint density at radius 2 is 1.95 bits per heavy atom. The van der Waals surface area contributed by atoms with Gasteiger partial charge >= 0.3 is 0 Å². The van der Waals surface area contributed by atoms with Crippen LogP contribution in [0.1, 0.15) is 38.8 Å². The lowest BCUT2D eigenvalue weighted by Crippen LogP contribution is -2.40. The molecule has 0 fully saturated rings. The van der Waals surface area contributed by atoms with Crippen LogP contribution >= 0.6 is 0 Å². The highest BCUT2D eigenvalue weighted by Crippen LogP contribution is 2.32. The van der Waals surface area contributed by atoms with E-state index in [9.17, 15) is 9.18 Å². The summed E-state index contributed by atoms with van der Waals surface area (Å²) in [7, 11) is 0. The molecule has 4 nitrogen and oxygen atoms in total. The number of carbonyl (C=O) groups is 1. The maximum atomic E-state index is 13.0. The lowest BCUT2D eigenvalue weighted by molar-refractivity contribution is -0.120. The van der Waals surface area contributed by atoms with Gasteiger partial charge in [0.05, 0.1) is 19.0 Å². The van der Waals surface area contributed by atoms with E-state index in [0.717, 1.165) is 5.56 Å². The Balaban J connectivity index is 2.66. The van der Waals surface area contributed by atoms with E-state index in [-0.39, 0.29) is 29.7 Å². The van der Waals surface area contributed by atoms with Crippen molar-refractivity contribution in [3.05, 3.63) is 35.6 Å². The summed E-state index contributed by atoms with van der Waals surface area (Å²) >= 11 is 0. The van der Waals surface area contributed by atoms with E-state index in [4.69, 9.17) is 5.26 Å². The maximum Gasteiger partial charge on any atom is 0.234 e. The van der Waals surface area contributed by atoms with Crippen LogP contribution in [0.4, 0.5) is 4.39 Å². The summed E-state index contributed by atoms with van der Waals surface area (Å²) < 4.78 is 13.0. The van der Waals surface area contributed by atoms with Crippen molar-refractivity contribution < 1.29 is 9.18 Å². The van der Waals surface area contributed by atoms with Crippen LogP contribution in [0.25, 0.3) is 0 Å². The molecule has 1 rings (SSSR count). The third kappa shape index (κ3) is 5.92. The van der Waals surface area contributed by atoms with Crippen molar-refractivity contribution in [1.29, 1.82) is 5.26 Å². The van der Waals surface area contributed by atoms with Crippen LogP contribution in [-0.4, -0.2) is 19.0 Å². The van der Waals surface area contributed by atoms with Gasteiger partial charge in [0.15, 0.2) is 0 Å². The molecule has 1 atom stereocenters. The molecule has 0 aliphatic carbocycles. The summed E-state index contributed by atoms with van der Waals surface area (Å²) in [5.41, 5.74) is 0.818. The number of benzene rings is 1. The SMILES string of the molecule is CC(C)(C)[C@@H](NCC(=O)NCCC#N)c1ccc(F)cc1. The van der Waals surface area contributed by atoms with Crippen molar-refractivity contribution in [2.75, 3.05) is 13.1 Å². The van der Waals surface area contributed by atoms with Gasteiger partial charge in [-0.15, -0.1) is 0 Å². The van der Waals surface area contributed by atoms with Crippen LogP contribution in [0.15, 0.2) is 24.3 Å². The summed E-state index contributed by atoms with van der Waals surface area (Å²) in [4.78, 5) is 11.7. The van der Waals surface area contributed by atoms with Gasteiger partial charge in [-0.3, -0.25) is 4.79 Å². The Labute approximate surface area is 125 Å². The predicted molar refractivity (Wildman–Crippen MR) is 79.8 cm³/mol. The lowest BCUT2D eigenvalue weighted by Gasteiger charge is -2.32. The molecule has 0 saturated heterocycles. The zero-order valence-corrected chi connectivity index (χ0v) is 12.7. The van der Waals surface area contributed by atoms with Gasteiger partial charge in [0, 0.05) is 12.6 Å². The van der Waals surface area contributed by atoms with Gasteiger partial charge in [0.25, 0.3) is 0 Å². The van der Waals surface area contributed by atoms with Crippen LogP contribution < -0.4 is 10.6 Å². The monoisotopic (exact) mass is 291 g/mol. The zero-order valence-electron chi connectivity index (χ0n) is 12.7. The molecule has 0 saturated carbocycles. The Kier molecular flexibility index (Phi) is 6.32. The predicted octanol–water partition coefficient (Wildman–Crippen LogP) is 2.53. The number of carbonyl (C=O) groups excluding carboxylic acids is 1. The molecule has 0 aromatic heterocycles. The molecule has 0 aliphatic heterocycles. The fourth-order valence-corrected chi connectivity index (χ4v) is 2.09. The molecule has 0 heterocycles. The van der Waals surface area contributed by atoms with Gasteiger partial charge in [0.2, 0.25) is 5.91 Å². The molecule has 1 amide bonds. The highest BCUT2D eigenvalue weighted by Gasteiger charge is 2.26. The molecule has 0 aliphatic rings. The van der Waals surface area contributed by atoms with Gasteiger partial charge in [-0.05, 0) is 23.1 Å².